The minimum absolute atomic E-state index is 0.146. The number of carbonyl (C=O) groups excluding carboxylic acids is 1. The first-order chi connectivity index (χ1) is 8.63. The lowest BCUT2D eigenvalue weighted by atomic mass is 10.0. The third-order valence-corrected chi connectivity index (χ3v) is 3.64. The van der Waals surface area contributed by atoms with Crippen LogP contribution >= 0.6 is 0 Å². The molecule has 1 fully saturated rings. The van der Waals surface area contributed by atoms with Crippen LogP contribution in [0.1, 0.15) is 19.3 Å². The van der Waals surface area contributed by atoms with E-state index in [4.69, 9.17) is 0 Å². The number of hydrogen-bond donors (Lipinski definition) is 2. The average Bonchev–Trinajstić information content (AvgIpc) is 2.37. The lowest BCUT2D eigenvalue weighted by Crippen LogP contribution is -2.44. The Balaban J connectivity index is 2.05. The second kappa shape index (κ2) is 8.45. The van der Waals surface area contributed by atoms with E-state index >= 15 is 0 Å². The molecule has 1 saturated heterocycles. The van der Waals surface area contributed by atoms with E-state index in [0.29, 0.717) is 6.42 Å². The first-order valence-corrected chi connectivity index (χ1v) is 6.93. The zero-order chi connectivity index (χ0) is 13.4. The van der Waals surface area contributed by atoms with Crippen LogP contribution in [0, 0.1) is 0 Å². The van der Waals surface area contributed by atoms with Crippen LogP contribution in [0.5, 0.6) is 0 Å². The number of hydrogen-bond acceptors (Lipinski definition) is 4. The second-order valence-electron chi connectivity index (χ2n) is 5.24. The van der Waals surface area contributed by atoms with Gasteiger partial charge in [0.2, 0.25) is 5.91 Å². The van der Waals surface area contributed by atoms with Gasteiger partial charge in [-0.2, -0.15) is 0 Å². The lowest BCUT2D eigenvalue weighted by molar-refractivity contribution is -0.121. The Morgan fingerprint density at radius 2 is 1.94 bits per heavy atom. The van der Waals surface area contributed by atoms with Gasteiger partial charge in [-0.05, 0) is 47.1 Å². The molecule has 5 heteroatoms. The molecule has 2 N–H and O–H groups in total. The van der Waals surface area contributed by atoms with Crippen LogP contribution in [0.25, 0.3) is 0 Å². The van der Waals surface area contributed by atoms with E-state index in [1.165, 1.54) is 12.8 Å². The van der Waals surface area contributed by atoms with Crippen molar-refractivity contribution in [1.82, 2.24) is 20.4 Å². The van der Waals surface area contributed by atoms with Crippen molar-refractivity contribution in [3.05, 3.63) is 0 Å². The number of likely N-dealkylation sites (tertiary alicyclic amines) is 1. The fourth-order valence-corrected chi connectivity index (χ4v) is 2.34. The number of amides is 1. The molecule has 0 aliphatic carbocycles. The van der Waals surface area contributed by atoms with Gasteiger partial charge in [0.15, 0.2) is 0 Å². The molecule has 1 aliphatic rings. The quantitative estimate of drug-likeness (QED) is 0.659. The zero-order valence-electron chi connectivity index (χ0n) is 12.0. The van der Waals surface area contributed by atoms with Crippen LogP contribution in [0.15, 0.2) is 0 Å². The monoisotopic (exact) mass is 256 g/mol. The first-order valence-electron chi connectivity index (χ1n) is 6.93. The summed E-state index contributed by atoms with van der Waals surface area (Å²) in [5.41, 5.74) is 0. The Morgan fingerprint density at radius 3 is 2.50 bits per heavy atom. The van der Waals surface area contributed by atoms with Crippen LogP contribution in [-0.2, 0) is 4.79 Å². The molecular weight excluding hydrogens is 228 g/mol. The molecular formula is C13H28N4O. The van der Waals surface area contributed by atoms with Gasteiger partial charge in [-0.25, -0.2) is 0 Å². The van der Waals surface area contributed by atoms with E-state index in [-0.39, 0.29) is 5.91 Å². The molecule has 18 heavy (non-hydrogen) atoms. The molecule has 0 aromatic carbocycles. The van der Waals surface area contributed by atoms with Crippen LogP contribution in [0.4, 0.5) is 0 Å². The van der Waals surface area contributed by atoms with Crippen LogP contribution in [-0.4, -0.2) is 75.6 Å². The van der Waals surface area contributed by atoms with E-state index in [1.54, 1.807) is 0 Å². The Bertz CT molecular complexity index is 237. The summed E-state index contributed by atoms with van der Waals surface area (Å²) in [4.78, 5) is 16.2. The summed E-state index contributed by atoms with van der Waals surface area (Å²) >= 11 is 0. The molecule has 0 aromatic rings. The van der Waals surface area contributed by atoms with Crippen molar-refractivity contribution in [3.63, 3.8) is 0 Å². The summed E-state index contributed by atoms with van der Waals surface area (Å²) in [6.07, 6.45) is 3.04. The summed E-state index contributed by atoms with van der Waals surface area (Å²) in [6.45, 7) is 4.80. The topological polar surface area (TPSA) is 47.6 Å². The molecule has 1 heterocycles. The van der Waals surface area contributed by atoms with Gasteiger partial charge in [-0.1, -0.05) is 0 Å². The maximum Gasteiger partial charge on any atom is 0.221 e. The van der Waals surface area contributed by atoms with Gasteiger partial charge in [0.25, 0.3) is 0 Å². The average molecular weight is 256 g/mol. The first kappa shape index (κ1) is 15.4. The number of rotatable bonds is 7. The standard InChI is InChI=1S/C13H28N4O/c1-14-7-4-13(18)15-8-11-17-9-5-12(6-10-17)16(2)3/h12,14H,4-11H2,1-3H3,(H,15,18). The van der Waals surface area contributed by atoms with Crippen molar-refractivity contribution in [2.75, 3.05) is 53.9 Å². The molecule has 0 unspecified atom stereocenters. The molecule has 0 saturated carbocycles. The predicted molar refractivity (Wildman–Crippen MR) is 74.7 cm³/mol. The highest BCUT2D eigenvalue weighted by Crippen LogP contribution is 2.13. The maximum absolute atomic E-state index is 11.4. The summed E-state index contributed by atoms with van der Waals surface area (Å²) in [5.74, 6) is 0.146. The van der Waals surface area contributed by atoms with Crippen LogP contribution < -0.4 is 10.6 Å². The molecule has 5 nitrogen and oxygen atoms in total. The van der Waals surface area contributed by atoms with Crippen LogP contribution in [0.3, 0.4) is 0 Å². The molecule has 1 rings (SSSR count). The highest BCUT2D eigenvalue weighted by molar-refractivity contribution is 5.76. The highest BCUT2D eigenvalue weighted by atomic mass is 16.1. The van der Waals surface area contributed by atoms with E-state index in [1.807, 2.05) is 7.05 Å². The molecule has 1 amide bonds. The second-order valence-corrected chi connectivity index (χ2v) is 5.24. The van der Waals surface area contributed by atoms with Gasteiger partial charge in [-0.3, -0.25) is 4.79 Å². The van der Waals surface area contributed by atoms with Crippen molar-refractivity contribution in [3.8, 4) is 0 Å². The van der Waals surface area contributed by atoms with Gasteiger partial charge >= 0.3 is 0 Å². The third-order valence-electron chi connectivity index (χ3n) is 3.64. The number of carbonyl (C=O) groups is 1. The van der Waals surface area contributed by atoms with E-state index in [2.05, 4.69) is 34.5 Å². The number of nitrogens with zero attached hydrogens (tertiary/aromatic N) is 2. The summed E-state index contributed by atoms with van der Waals surface area (Å²) in [5, 5.41) is 5.95. The van der Waals surface area contributed by atoms with Crippen molar-refractivity contribution < 1.29 is 4.79 Å². The highest BCUT2D eigenvalue weighted by Gasteiger charge is 2.19. The Morgan fingerprint density at radius 1 is 1.28 bits per heavy atom. The fraction of sp³-hybridized carbons (Fsp3) is 0.923. The number of piperidine rings is 1. The van der Waals surface area contributed by atoms with Gasteiger partial charge in [0.05, 0.1) is 0 Å². The molecule has 0 bridgehead atoms. The molecule has 0 radical (unpaired) electrons. The van der Waals surface area contributed by atoms with Gasteiger partial charge < -0.3 is 20.4 Å². The summed E-state index contributed by atoms with van der Waals surface area (Å²) in [6, 6.07) is 0.728. The predicted octanol–water partition coefficient (Wildman–Crippen LogP) is -0.262. The third kappa shape index (κ3) is 5.80. The zero-order valence-corrected chi connectivity index (χ0v) is 12.0. The number of nitrogens with one attached hydrogen (secondary N) is 2. The van der Waals surface area contributed by atoms with E-state index in [0.717, 1.165) is 38.8 Å². The van der Waals surface area contributed by atoms with E-state index in [9.17, 15) is 4.79 Å². The van der Waals surface area contributed by atoms with Crippen molar-refractivity contribution in [2.45, 2.75) is 25.3 Å². The fourth-order valence-electron chi connectivity index (χ4n) is 2.34. The van der Waals surface area contributed by atoms with Crippen LogP contribution in [0.2, 0.25) is 0 Å². The molecule has 0 spiro atoms. The van der Waals surface area contributed by atoms with Gasteiger partial charge in [0, 0.05) is 32.1 Å². The molecule has 0 aromatic heterocycles. The smallest absolute Gasteiger partial charge is 0.221 e. The van der Waals surface area contributed by atoms with Crippen molar-refractivity contribution >= 4 is 5.91 Å². The normalized spacial score (nSPS) is 18.2. The SMILES string of the molecule is CNCCC(=O)NCCN1CCC(N(C)C)CC1. The Hall–Kier alpha value is -0.650. The molecule has 106 valence electrons. The van der Waals surface area contributed by atoms with Gasteiger partial charge in [-0.15, -0.1) is 0 Å². The van der Waals surface area contributed by atoms with Crippen molar-refractivity contribution in [1.29, 1.82) is 0 Å². The maximum atomic E-state index is 11.4. The van der Waals surface area contributed by atoms with E-state index < -0.39 is 0 Å². The minimum atomic E-state index is 0.146. The minimum Gasteiger partial charge on any atom is -0.355 e. The summed E-state index contributed by atoms with van der Waals surface area (Å²) in [7, 11) is 6.17. The summed E-state index contributed by atoms with van der Waals surface area (Å²) < 4.78 is 0. The lowest BCUT2D eigenvalue weighted by Gasteiger charge is -2.35. The Kier molecular flexibility index (Phi) is 7.23. The Labute approximate surface area is 111 Å². The molecule has 0 atom stereocenters. The largest absolute Gasteiger partial charge is 0.355 e. The molecule has 1 aliphatic heterocycles. The van der Waals surface area contributed by atoms with Crippen molar-refractivity contribution in [2.24, 2.45) is 0 Å². The van der Waals surface area contributed by atoms with Gasteiger partial charge in [0.1, 0.15) is 0 Å².